The van der Waals surface area contributed by atoms with Crippen LogP contribution < -0.4 is 15.6 Å². The number of benzene rings is 1. The van der Waals surface area contributed by atoms with Crippen molar-refractivity contribution in [1.29, 1.82) is 0 Å². The topological polar surface area (TPSA) is 120 Å². The zero-order valence-electron chi connectivity index (χ0n) is 18.8. The summed E-state index contributed by atoms with van der Waals surface area (Å²) >= 11 is 0. The highest BCUT2D eigenvalue weighted by Gasteiger charge is 2.27. The summed E-state index contributed by atoms with van der Waals surface area (Å²) in [7, 11) is 1.39. The molecule has 1 aromatic carbocycles. The van der Waals surface area contributed by atoms with Crippen LogP contribution in [0.15, 0.2) is 39.8 Å². The fourth-order valence-corrected chi connectivity index (χ4v) is 4.00. The third-order valence-corrected chi connectivity index (χ3v) is 5.80. The Balaban J connectivity index is 1.56. The normalized spacial score (nSPS) is 13.2. The van der Waals surface area contributed by atoms with Crippen molar-refractivity contribution in [3.63, 3.8) is 0 Å². The van der Waals surface area contributed by atoms with Crippen molar-refractivity contribution in [2.45, 2.75) is 32.9 Å². The number of pyridine rings is 1. The van der Waals surface area contributed by atoms with Gasteiger partial charge in [0.1, 0.15) is 28.5 Å². The number of rotatable bonds is 6. The number of aryl methyl sites for hydroxylation is 1. The molecule has 1 N–H and O–H groups in total. The number of nitrogens with one attached hydrogen (secondary N) is 1. The maximum atomic E-state index is 13.5. The number of hydrogen-bond acceptors (Lipinski definition) is 7. The van der Waals surface area contributed by atoms with Crippen LogP contribution in [0.3, 0.4) is 0 Å². The Bertz CT molecular complexity index is 1280. The Morgan fingerprint density at radius 2 is 2.03 bits per heavy atom. The molecule has 0 radical (unpaired) electrons. The van der Waals surface area contributed by atoms with Crippen LogP contribution in [0, 0.1) is 12.7 Å². The number of fused-ring (bicyclic) bond motifs is 1. The number of carbonyl (C=O) groups excluding carboxylic acids is 2. The zero-order valence-corrected chi connectivity index (χ0v) is 18.8. The van der Waals surface area contributed by atoms with Gasteiger partial charge in [-0.2, -0.15) is 0 Å². The van der Waals surface area contributed by atoms with Crippen molar-refractivity contribution < 1.29 is 23.3 Å². The van der Waals surface area contributed by atoms with Crippen LogP contribution in [0.5, 0.6) is 5.75 Å². The molecule has 0 fully saturated rings. The van der Waals surface area contributed by atoms with E-state index in [4.69, 9.17) is 4.74 Å². The van der Waals surface area contributed by atoms with Crippen LogP contribution in [-0.4, -0.2) is 51.8 Å². The fourth-order valence-electron chi connectivity index (χ4n) is 4.00. The molecule has 0 spiro atoms. The number of nitrogens with zero attached hydrogens (tertiary/aromatic N) is 4. The SMILES string of the molecule is COc1cc(=O)n2c(c1C(=O)NCc1nonc1C)CCN(C(=O)Cc1cccc(F)c1)CC2. The molecular formula is C23H24FN5O5. The molecule has 0 saturated carbocycles. The second kappa shape index (κ2) is 9.86. The molecule has 1 aliphatic heterocycles. The lowest BCUT2D eigenvalue weighted by molar-refractivity contribution is -0.130. The smallest absolute Gasteiger partial charge is 0.257 e. The molecule has 11 heteroatoms. The first-order valence-electron chi connectivity index (χ1n) is 10.8. The maximum absolute atomic E-state index is 13.5. The van der Waals surface area contributed by atoms with Gasteiger partial charge < -0.3 is 19.5 Å². The standard InChI is InChI=1S/C23H24FN5O5/c1-14-17(27-34-26-14)13-25-23(32)22-18-6-7-28(8-9-29(18)21(31)12-19(22)33-2)20(30)11-15-4-3-5-16(24)10-15/h3-5,10,12H,6-9,11,13H2,1-2H3,(H,25,32). The van der Waals surface area contributed by atoms with Crippen molar-refractivity contribution in [2.24, 2.45) is 0 Å². The van der Waals surface area contributed by atoms with E-state index in [-0.39, 0.29) is 55.3 Å². The van der Waals surface area contributed by atoms with Gasteiger partial charge in [0.25, 0.3) is 11.5 Å². The first kappa shape index (κ1) is 23.1. The highest BCUT2D eigenvalue weighted by molar-refractivity contribution is 5.98. The van der Waals surface area contributed by atoms with E-state index in [0.717, 1.165) is 0 Å². The summed E-state index contributed by atoms with van der Waals surface area (Å²) < 4.78 is 25.0. The lowest BCUT2D eigenvalue weighted by atomic mass is 10.1. The van der Waals surface area contributed by atoms with Crippen molar-refractivity contribution >= 4 is 11.8 Å². The summed E-state index contributed by atoms with van der Waals surface area (Å²) in [5.41, 5.74) is 2.01. The molecule has 34 heavy (non-hydrogen) atoms. The van der Waals surface area contributed by atoms with Crippen molar-refractivity contribution in [3.8, 4) is 5.75 Å². The van der Waals surface area contributed by atoms with E-state index in [0.29, 0.717) is 29.2 Å². The number of amides is 2. The van der Waals surface area contributed by atoms with E-state index in [1.54, 1.807) is 24.0 Å². The fraction of sp³-hybridized carbons (Fsp3) is 0.348. The molecule has 0 atom stereocenters. The monoisotopic (exact) mass is 469 g/mol. The van der Waals surface area contributed by atoms with Gasteiger partial charge in [0.15, 0.2) is 0 Å². The molecule has 4 rings (SSSR count). The summed E-state index contributed by atoms with van der Waals surface area (Å²) in [5, 5.41) is 10.2. The molecule has 1 aliphatic rings. The second-order valence-corrected chi connectivity index (χ2v) is 7.94. The Hall–Kier alpha value is -4.02. The first-order valence-corrected chi connectivity index (χ1v) is 10.8. The molecule has 2 amide bonds. The van der Waals surface area contributed by atoms with Crippen LogP contribution in [0.25, 0.3) is 0 Å². The van der Waals surface area contributed by atoms with Crippen molar-refractivity contribution in [1.82, 2.24) is 25.1 Å². The van der Waals surface area contributed by atoms with E-state index >= 15 is 0 Å². The Morgan fingerprint density at radius 3 is 2.74 bits per heavy atom. The lowest BCUT2D eigenvalue weighted by Gasteiger charge is -2.20. The average Bonchev–Trinajstić information content (AvgIpc) is 3.08. The maximum Gasteiger partial charge on any atom is 0.257 e. The molecule has 0 saturated heterocycles. The van der Waals surface area contributed by atoms with Crippen LogP contribution in [0.1, 0.15) is 33.0 Å². The number of aromatic nitrogens is 3. The molecule has 0 bridgehead atoms. The minimum Gasteiger partial charge on any atom is -0.496 e. The van der Waals surface area contributed by atoms with Gasteiger partial charge in [-0.05, 0) is 24.6 Å². The number of halogens is 1. The quantitative estimate of drug-likeness (QED) is 0.577. The molecule has 10 nitrogen and oxygen atoms in total. The Kier molecular flexibility index (Phi) is 6.71. The Labute approximate surface area is 194 Å². The van der Waals surface area contributed by atoms with Crippen molar-refractivity contribution in [2.75, 3.05) is 20.2 Å². The number of hydrogen-bond donors (Lipinski definition) is 1. The van der Waals surface area contributed by atoms with Gasteiger partial charge in [-0.1, -0.05) is 22.4 Å². The lowest BCUT2D eigenvalue weighted by Crippen LogP contribution is -2.35. The second-order valence-electron chi connectivity index (χ2n) is 7.94. The minimum atomic E-state index is -0.442. The molecule has 3 heterocycles. The molecule has 0 unspecified atom stereocenters. The van der Waals surface area contributed by atoms with Gasteiger partial charge in [0, 0.05) is 37.8 Å². The minimum absolute atomic E-state index is 0.0464. The predicted octanol–water partition coefficient (Wildman–Crippen LogP) is 1.24. The molecule has 0 aliphatic carbocycles. The van der Waals surface area contributed by atoms with E-state index < -0.39 is 11.7 Å². The third-order valence-electron chi connectivity index (χ3n) is 5.80. The third kappa shape index (κ3) is 4.82. The van der Waals surface area contributed by atoms with Crippen LogP contribution in [-0.2, 0) is 30.7 Å². The Morgan fingerprint density at radius 1 is 1.21 bits per heavy atom. The van der Waals surface area contributed by atoms with Gasteiger partial charge in [-0.3, -0.25) is 14.4 Å². The van der Waals surface area contributed by atoms with E-state index in [1.165, 1.54) is 29.9 Å². The highest BCUT2D eigenvalue weighted by atomic mass is 19.1. The summed E-state index contributed by atoms with van der Waals surface area (Å²) in [6.07, 6.45) is 0.319. The van der Waals surface area contributed by atoms with Gasteiger partial charge in [-0.25, -0.2) is 9.02 Å². The summed E-state index contributed by atoms with van der Waals surface area (Å²) in [5.74, 6) is -0.872. The number of methoxy groups -OCH3 is 1. The van der Waals surface area contributed by atoms with E-state index in [2.05, 4.69) is 20.3 Å². The average molecular weight is 469 g/mol. The first-order chi connectivity index (χ1) is 16.4. The zero-order chi connectivity index (χ0) is 24.2. The summed E-state index contributed by atoms with van der Waals surface area (Å²) in [6.45, 7) is 2.61. The molecular weight excluding hydrogens is 445 g/mol. The van der Waals surface area contributed by atoms with E-state index in [1.807, 2.05) is 0 Å². The summed E-state index contributed by atoms with van der Waals surface area (Å²) in [4.78, 5) is 40.3. The predicted molar refractivity (Wildman–Crippen MR) is 118 cm³/mol. The highest BCUT2D eigenvalue weighted by Crippen LogP contribution is 2.23. The summed E-state index contributed by atoms with van der Waals surface area (Å²) in [6, 6.07) is 7.17. The van der Waals surface area contributed by atoms with Gasteiger partial charge in [0.2, 0.25) is 5.91 Å². The van der Waals surface area contributed by atoms with Gasteiger partial charge in [-0.15, -0.1) is 0 Å². The number of carbonyl (C=O) groups is 2. The van der Waals surface area contributed by atoms with Crippen LogP contribution >= 0.6 is 0 Å². The van der Waals surface area contributed by atoms with Crippen LogP contribution in [0.2, 0.25) is 0 Å². The van der Waals surface area contributed by atoms with Crippen molar-refractivity contribution in [3.05, 3.63) is 74.7 Å². The van der Waals surface area contributed by atoms with Crippen LogP contribution in [0.4, 0.5) is 4.39 Å². The van der Waals surface area contributed by atoms with Gasteiger partial charge >= 0.3 is 0 Å². The largest absolute Gasteiger partial charge is 0.496 e. The molecule has 3 aromatic rings. The molecule has 178 valence electrons. The van der Waals surface area contributed by atoms with Gasteiger partial charge in [0.05, 0.1) is 20.1 Å². The van der Waals surface area contributed by atoms with E-state index in [9.17, 15) is 18.8 Å². The molecule has 2 aromatic heterocycles. The number of ether oxygens (including phenoxy) is 1.